The lowest BCUT2D eigenvalue weighted by Gasteiger charge is -2.22. The molecular weight excluding hydrogens is 314 g/mol. The van der Waals surface area contributed by atoms with Gasteiger partial charge in [0.25, 0.3) is 0 Å². The topological polar surface area (TPSA) is 50.5 Å². The molecule has 0 aliphatic heterocycles. The molecule has 0 amide bonds. The van der Waals surface area contributed by atoms with Crippen molar-refractivity contribution < 1.29 is 9.84 Å². The minimum absolute atomic E-state index is 0.125. The van der Waals surface area contributed by atoms with E-state index in [4.69, 9.17) is 4.74 Å². The third kappa shape index (κ3) is 4.41. The van der Waals surface area contributed by atoms with Gasteiger partial charge in [0.15, 0.2) is 0 Å². The van der Waals surface area contributed by atoms with E-state index < -0.39 is 0 Å². The molecule has 1 heterocycles. The van der Waals surface area contributed by atoms with Crippen LogP contribution in [0.4, 0.5) is 0 Å². The van der Waals surface area contributed by atoms with Crippen LogP contribution >= 0.6 is 0 Å². The molecule has 136 valence electrons. The van der Waals surface area contributed by atoms with Gasteiger partial charge in [-0.05, 0) is 51.3 Å². The minimum Gasteiger partial charge on any atom is -0.494 e. The van der Waals surface area contributed by atoms with Gasteiger partial charge < -0.3 is 9.84 Å². The number of rotatable bonds is 9. The Hall–Kier alpha value is -1.85. The van der Waals surface area contributed by atoms with E-state index in [1.54, 1.807) is 0 Å². The van der Waals surface area contributed by atoms with Crippen LogP contribution in [0.15, 0.2) is 24.3 Å². The van der Waals surface area contributed by atoms with E-state index >= 15 is 0 Å². The molecule has 3 rings (SSSR count). The average Bonchev–Trinajstić information content (AvgIpc) is 3.40. The van der Waals surface area contributed by atoms with Crippen LogP contribution in [0.3, 0.4) is 0 Å². The van der Waals surface area contributed by atoms with Gasteiger partial charge in [-0.2, -0.15) is 5.10 Å². The van der Waals surface area contributed by atoms with Crippen molar-refractivity contribution in [2.75, 3.05) is 13.2 Å². The SMILES string of the molecule is CCOc1ccc(CN(Cc2c(C)nn(CCO)c2C)C2CC2)cc1. The number of aliphatic hydroxyl groups is 1. The molecular formula is C20H29N3O2. The molecule has 2 aromatic rings. The van der Waals surface area contributed by atoms with E-state index in [-0.39, 0.29) is 6.61 Å². The van der Waals surface area contributed by atoms with Crippen LogP contribution in [-0.2, 0) is 19.6 Å². The van der Waals surface area contributed by atoms with Gasteiger partial charge in [-0.15, -0.1) is 0 Å². The van der Waals surface area contributed by atoms with Crippen molar-refractivity contribution in [2.24, 2.45) is 0 Å². The van der Waals surface area contributed by atoms with Crippen molar-refractivity contribution >= 4 is 0 Å². The molecule has 0 spiro atoms. The molecule has 0 saturated heterocycles. The van der Waals surface area contributed by atoms with Crippen LogP contribution in [0.1, 0.15) is 42.3 Å². The zero-order chi connectivity index (χ0) is 17.8. The van der Waals surface area contributed by atoms with Crippen LogP contribution < -0.4 is 4.74 Å². The Balaban J connectivity index is 1.72. The third-order valence-corrected chi connectivity index (χ3v) is 4.89. The van der Waals surface area contributed by atoms with Crippen LogP contribution in [0.25, 0.3) is 0 Å². The summed E-state index contributed by atoms with van der Waals surface area (Å²) in [7, 11) is 0. The molecule has 1 aliphatic rings. The molecule has 1 aromatic heterocycles. The summed E-state index contributed by atoms with van der Waals surface area (Å²) in [5, 5.41) is 13.8. The number of aryl methyl sites for hydroxylation is 1. The summed E-state index contributed by atoms with van der Waals surface area (Å²) < 4.78 is 7.46. The molecule has 1 saturated carbocycles. The highest BCUT2D eigenvalue weighted by Crippen LogP contribution is 2.31. The Kier molecular flexibility index (Phi) is 5.76. The number of hydrogen-bond acceptors (Lipinski definition) is 4. The Labute approximate surface area is 150 Å². The molecule has 0 unspecified atom stereocenters. The summed E-state index contributed by atoms with van der Waals surface area (Å²) in [5.41, 5.74) is 4.85. The van der Waals surface area contributed by atoms with Gasteiger partial charge in [-0.1, -0.05) is 12.1 Å². The molecule has 0 radical (unpaired) electrons. The lowest BCUT2D eigenvalue weighted by molar-refractivity contribution is 0.244. The first-order valence-electron chi connectivity index (χ1n) is 9.22. The zero-order valence-electron chi connectivity index (χ0n) is 15.5. The largest absolute Gasteiger partial charge is 0.494 e. The summed E-state index contributed by atoms with van der Waals surface area (Å²) in [6.07, 6.45) is 2.56. The first-order valence-corrected chi connectivity index (χ1v) is 9.22. The molecule has 0 atom stereocenters. The van der Waals surface area contributed by atoms with E-state index in [0.29, 0.717) is 19.2 Å². The maximum absolute atomic E-state index is 9.20. The van der Waals surface area contributed by atoms with Gasteiger partial charge in [0, 0.05) is 30.4 Å². The van der Waals surface area contributed by atoms with E-state index in [9.17, 15) is 5.11 Å². The second kappa shape index (κ2) is 8.02. The predicted molar refractivity (Wildman–Crippen MR) is 98.7 cm³/mol. The van der Waals surface area contributed by atoms with Crippen molar-refractivity contribution in [1.82, 2.24) is 14.7 Å². The first-order chi connectivity index (χ1) is 12.1. The standard InChI is InChI=1S/C20H29N3O2/c1-4-25-19-9-5-17(6-10-19)13-22(18-7-8-18)14-20-15(2)21-23(11-12-24)16(20)3/h5-6,9-10,18,24H,4,7-8,11-14H2,1-3H3. The van der Waals surface area contributed by atoms with Gasteiger partial charge >= 0.3 is 0 Å². The van der Waals surface area contributed by atoms with E-state index in [0.717, 1.165) is 24.5 Å². The van der Waals surface area contributed by atoms with Crippen molar-refractivity contribution in [2.45, 2.75) is 59.3 Å². The summed E-state index contributed by atoms with van der Waals surface area (Å²) in [4.78, 5) is 2.55. The molecule has 0 bridgehead atoms. The fourth-order valence-electron chi connectivity index (χ4n) is 3.32. The quantitative estimate of drug-likeness (QED) is 0.760. The molecule has 1 aliphatic carbocycles. The van der Waals surface area contributed by atoms with Crippen molar-refractivity contribution in [1.29, 1.82) is 0 Å². The van der Waals surface area contributed by atoms with Crippen molar-refractivity contribution in [3.63, 3.8) is 0 Å². The monoisotopic (exact) mass is 343 g/mol. The van der Waals surface area contributed by atoms with E-state index in [1.165, 1.54) is 29.7 Å². The predicted octanol–water partition coefficient (Wildman–Crippen LogP) is 3.06. The normalized spacial score (nSPS) is 14.3. The maximum atomic E-state index is 9.20. The number of aliphatic hydroxyl groups excluding tert-OH is 1. The maximum Gasteiger partial charge on any atom is 0.119 e. The van der Waals surface area contributed by atoms with Crippen LogP contribution in [-0.4, -0.2) is 39.0 Å². The van der Waals surface area contributed by atoms with Crippen LogP contribution in [0.5, 0.6) is 5.75 Å². The molecule has 25 heavy (non-hydrogen) atoms. The summed E-state index contributed by atoms with van der Waals surface area (Å²) in [5.74, 6) is 0.932. The lowest BCUT2D eigenvalue weighted by atomic mass is 10.1. The second-order valence-corrected chi connectivity index (χ2v) is 6.81. The third-order valence-electron chi connectivity index (χ3n) is 4.89. The Morgan fingerprint density at radius 2 is 1.92 bits per heavy atom. The highest BCUT2D eigenvalue weighted by Gasteiger charge is 2.30. The smallest absolute Gasteiger partial charge is 0.119 e. The van der Waals surface area contributed by atoms with Gasteiger partial charge in [-0.25, -0.2) is 0 Å². The molecule has 1 N–H and O–H groups in total. The van der Waals surface area contributed by atoms with Crippen molar-refractivity contribution in [3.8, 4) is 5.75 Å². The van der Waals surface area contributed by atoms with Gasteiger partial charge in [0.05, 0.1) is 25.5 Å². The zero-order valence-corrected chi connectivity index (χ0v) is 15.5. The molecule has 5 heteroatoms. The second-order valence-electron chi connectivity index (χ2n) is 6.81. The van der Waals surface area contributed by atoms with Gasteiger partial charge in [0.2, 0.25) is 0 Å². The highest BCUT2D eigenvalue weighted by atomic mass is 16.5. The average molecular weight is 343 g/mol. The fourth-order valence-corrected chi connectivity index (χ4v) is 3.32. The fraction of sp³-hybridized carbons (Fsp3) is 0.550. The number of benzene rings is 1. The first kappa shape index (κ1) is 18.0. The Morgan fingerprint density at radius 3 is 2.52 bits per heavy atom. The minimum atomic E-state index is 0.125. The number of ether oxygens (including phenoxy) is 1. The number of nitrogens with zero attached hydrogens (tertiary/aromatic N) is 3. The van der Waals surface area contributed by atoms with Crippen LogP contribution in [0, 0.1) is 13.8 Å². The summed E-state index contributed by atoms with van der Waals surface area (Å²) in [6.45, 7) is 9.43. The summed E-state index contributed by atoms with van der Waals surface area (Å²) >= 11 is 0. The van der Waals surface area contributed by atoms with Crippen LogP contribution in [0.2, 0.25) is 0 Å². The van der Waals surface area contributed by atoms with Gasteiger partial charge in [0.1, 0.15) is 5.75 Å². The van der Waals surface area contributed by atoms with Crippen molar-refractivity contribution in [3.05, 3.63) is 46.8 Å². The Morgan fingerprint density at radius 1 is 1.20 bits per heavy atom. The number of aromatic nitrogens is 2. The van der Waals surface area contributed by atoms with E-state index in [2.05, 4.69) is 48.1 Å². The van der Waals surface area contributed by atoms with E-state index in [1.807, 2.05) is 11.6 Å². The lowest BCUT2D eigenvalue weighted by Crippen LogP contribution is -2.25. The molecule has 5 nitrogen and oxygen atoms in total. The summed E-state index contributed by atoms with van der Waals surface area (Å²) in [6, 6.07) is 9.11. The highest BCUT2D eigenvalue weighted by molar-refractivity contribution is 5.28. The number of hydrogen-bond donors (Lipinski definition) is 1. The molecule has 1 fully saturated rings. The van der Waals surface area contributed by atoms with Gasteiger partial charge in [-0.3, -0.25) is 9.58 Å². The Bertz CT molecular complexity index is 690. The molecule has 1 aromatic carbocycles.